The molecule has 0 aliphatic carbocycles. The Morgan fingerprint density at radius 3 is 2.92 bits per heavy atom. The van der Waals surface area contributed by atoms with Gasteiger partial charge in [-0.15, -0.1) is 0 Å². The van der Waals surface area contributed by atoms with Crippen molar-refractivity contribution >= 4 is 0 Å². The van der Waals surface area contributed by atoms with Gasteiger partial charge in [0, 0.05) is 31.9 Å². The molecule has 0 unspecified atom stereocenters. The summed E-state index contributed by atoms with van der Waals surface area (Å²) in [7, 11) is 0. The van der Waals surface area contributed by atoms with E-state index >= 15 is 0 Å². The van der Waals surface area contributed by atoms with Gasteiger partial charge < -0.3 is 9.47 Å². The number of nitrogens with zero attached hydrogens (tertiary/aromatic N) is 1. The highest BCUT2D eigenvalue weighted by atomic mass is 16.5. The molecule has 0 bridgehead atoms. The number of ether oxygens (including phenoxy) is 2. The van der Waals surface area contributed by atoms with Gasteiger partial charge in [0.15, 0.2) is 0 Å². The Bertz CT molecular complexity index is 213. The fourth-order valence-electron chi connectivity index (χ4n) is 0.915. The van der Waals surface area contributed by atoms with Crippen molar-refractivity contribution in [2.24, 2.45) is 0 Å². The first-order valence-corrected chi connectivity index (χ1v) is 4.55. The van der Waals surface area contributed by atoms with Crippen LogP contribution >= 0.6 is 0 Å². The second kappa shape index (κ2) is 6.43. The van der Waals surface area contributed by atoms with Crippen molar-refractivity contribution in [2.45, 2.75) is 13.3 Å². The molecule has 72 valence electrons. The Kier molecular flexibility index (Phi) is 4.94. The smallest absolute Gasteiger partial charge is 0.213 e. The van der Waals surface area contributed by atoms with E-state index in [1.807, 2.05) is 25.1 Å². The zero-order chi connectivity index (χ0) is 9.36. The summed E-state index contributed by atoms with van der Waals surface area (Å²) in [6.45, 7) is 4.17. The van der Waals surface area contributed by atoms with E-state index in [0.29, 0.717) is 12.5 Å². The first-order valence-electron chi connectivity index (χ1n) is 4.55. The minimum Gasteiger partial charge on any atom is -0.478 e. The second-order valence-electron chi connectivity index (χ2n) is 2.57. The summed E-state index contributed by atoms with van der Waals surface area (Å²) >= 11 is 0. The SMILES string of the molecule is CCOCCCOc1ccccn1. The van der Waals surface area contributed by atoms with Crippen molar-refractivity contribution < 1.29 is 9.47 Å². The standard InChI is InChI=1S/C10H15NO2/c1-2-12-8-5-9-13-10-6-3-4-7-11-10/h3-4,6-7H,2,5,8-9H2,1H3. The molecule has 0 N–H and O–H groups in total. The molecule has 3 heteroatoms. The molecule has 1 aromatic rings. The minimum absolute atomic E-state index is 0.664. The molecule has 0 aromatic carbocycles. The van der Waals surface area contributed by atoms with E-state index in [1.54, 1.807) is 6.20 Å². The van der Waals surface area contributed by atoms with Crippen LogP contribution in [0.1, 0.15) is 13.3 Å². The van der Waals surface area contributed by atoms with Gasteiger partial charge >= 0.3 is 0 Å². The number of pyridine rings is 1. The van der Waals surface area contributed by atoms with Crippen LogP contribution in [0.5, 0.6) is 5.88 Å². The molecule has 0 saturated carbocycles. The van der Waals surface area contributed by atoms with Gasteiger partial charge in [-0.05, 0) is 13.0 Å². The molecule has 1 aromatic heterocycles. The van der Waals surface area contributed by atoms with Gasteiger partial charge in [-0.2, -0.15) is 0 Å². The Hall–Kier alpha value is -1.09. The summed E-state index contributed by atoms with van der Waals surface area (Å²) in [5, 5.41) is 0. The van der Waals surface area contributed by atoms with Gasteiger partial charge in [-0.25, -0.2) is 4.98 Å². The lowest BCUT2D eigenvalue weighted by Gasteiger charge is -2.04. The monoisotopic (exact) mass is 181 g/mol. The van der Waals surface area contributed by atoms with Gasteiger partial charge in [0.05, 0.1) is 6.61 Å². The van der Waals surface area contributed by atoms with Crippen LogP contribution in [0.25, 0.3) is 0 Å². The maximum Gasteiger partial charge on any atom is 0.213 e. The second-order valence-corrected chi connectivity index (χ2v) is 2.57. The highest BCUT2D eigenvalue weighted by Crippen LogP contribution is 2.03. The molecule has 0 atom stereocenters. The molecule has 0 radical (unpaired) electrons. The zero-order valence-corrected chi connectivity index (χ0v) is 7.90. The van der Waals surface area contributed by atoms with Gasteiger partial charge in [-0.3, -0.25) is 0 Å². The molecule has 0 fully saturated rings. The third kappa shape index (κ3) is 4.48. The van der Waals surface area contributed by atoms with E-state index < -0.39 is 0 Å². The molecular formula is C10H15NO2. The Balaban J connectivity index is 2.07. The lowest BCUT2D eigenvalue weighted by molar-refractivity contribution is 0.130. The van der Waals surface area contributed by atoms with Crippen LogP contribution in [-0.2, 0) is 4.74 Å². The van der Waals surface area contributed by atoms with Gasteiger partial charge in [0.25, 0.3) is 0 Å². The summed E-state index contributed by atoms with van der Waals surface area (Å²) in [5.41, 5.74) is 0. The summed E-state index contributed by atoms with van der Waals surface area (Å²) in [4.78, 5) is 4.03. The third-order valence-corrected chi connectivity index (χ3v) is 1.52. The van der Waals surface area contributed by atoms with Crippen molar-refractivity contribution in [3.05, 3.63) is 24.4 Å². The normalized spacial score (nSPS) is 9.92. The number of hydrogen-bond acceptors (Lipinski definition) is 3. The van der Waals surface area contributed by atoms with E-state index in [0.717, 1.165) is 19.6 Å². The van der Waals surface area contributed by atoms with Crippen molar-refractivity contribution in [3.63, 3.8) is 0 Å². The summed E-state index contributed by atoms with van der Waals surface area (Å²) in [6.07, 6.45) is 2.63. The van der Waals surface area contributed by atoms with Crippen LogP contribution in [0, 0.1) is 0 Å². The molecule has 0 aliphatic heterocycles. The number of hydrogen-bond donors (Lipinski definition) is 0. The van der Waals surface area contributed by atoms with E-state index in [9.17, 15) is 0 Å². The average molecular weight is 181 g/mol. The quantitative estimate of drug-likeness (QED) is 0.628. The summed E-state index contributed by atoms with van der Waals surface area (Å²) in [6, 6.07) is 5.62. The highest BCUT2D eigenvalue weighted by Gasteiger charge is 1.92. The topological polar surface area (TPSA) is 31.4 Å². The Morgan fingerprint density at radius 1 is 1.31 bits per heavy atom. The largest absolute Gasteiger partial charge is 0.478 e. The van der Waals surface area contributed by atoms with Crippen molar-refractivity contribution in [3.8, 4) is 5.88 Å². The van der Waals surface area contributed by atoms with Crippen molar-refractivity contribution in [2.75, 3.05) is 19.8 Å². The molecule has 1 rings (SSSR count). The van der Waals surface area contributed by atoms with E-state index in [-0.39, 0.29) is 0 Å². The highest BCUT2D eigenvalue weighted by molar-refractivity contribution is 5.08. The maximum absolute atomic E-state index is 5.36. The van der Waals surface area contributed by atoms with Gasteiger partial charge in [0.1, 0.15) is 0 Å². The van der Waals surface area contributed by atoms with Crippen molar-refractivity contribution in [1.29, 1.82) is 0 Å². The fourth-order valence-corrected chi connectivity index (χ4v) is 0.915. The maximum atomic E-state index is 5.36. The Labute approximate surface area is 78.7 Å². The number of aromatic nitrogens is 1. The predicted molar refractivity (Wildman–Crippen MR) is 50.8 cm³/mol. The van der Waals surface area contributed by atoms with Crippen molar-refractivity contribution in [1.82, 2.24) is 4.98 Å². The summed E-state index contributed by atoms with van der Waals surface area (Å²) < 4.78 is 10.5. The predicted octanol–water partition coefficient (Wildman–Crippen LogP) is 1.89. The molecule has 13 heavy (non-hydrogen) atoms. The van der Waals surface area contributed by atoms with Crippen LogP contribution in [0.3, 0.4) is 0 Å². The van der Waals surface area contributed by atoms with E-state index in [2.05, 4.69) is 4.98 Å². The molecule has 3 nitrogen and oxygen atoms in total. The third-order valence-electron chi connectivity index (χ3n) is 1.52. The molecule has 0 spiro atoms. The molecule has 0 aliphatic rings. The molecule has 0 amide bonds. The lowest BCUT2D eigenvalue weighted by atomic mass is 10.5. The first kappa shape index (κ1) is 9.99. The van der Waals surface area contributed by atoms with Crippen LogP contribution in [-0.4, -0.2) is 24.8 Å². The Morgan fingerprint density at radius 2 is 2.23 bits per heavy atom. The van der Waals surface area contributed by atoms with Crippen LogP contribution in [0.4, 0.5) is 0 Å². The fraction of sp³-hybridized carbons (Fsp3) is 0.500. The van der Waals surface area contributed by atoms with Crippen LogP contribution in [0.15, 0.2) is 24.4 Å². The van der Waals surface area contributed by atoms with Gasteiger partial charge in [0.2, 0.25) is 5.88 Å². The molecule has 0 saturated heterocycles. The average Bonchev–Trinajstić information content (AvgIpc) is 2.19. The van der Waals surface area contributed by atoms with E-state index in [1.165, 1.54) is 0 Å². The van der Waals surface area contributed by atoms with Crippen LogP contribution in [0.2, 0.25) is 0 Å². The van der Waals surface area contributed by atoms with E-state index in [4.69, 9.17) is 9.47 Å². The number of rotatable bonds is 6. The molecular weight excluding hydrogens is 166 g/mol. The first-order chi connectivity index (χ1) is 6.43. The lowest BCUT2D eigenvalue weighted by Crippen LogP contribution is -2.03. The van der Waals surface area contributed by atoms with Gasteiger partial charge in [-0.1, -0.05) is 6.07 Å². The minimum atomic E-state index is 0.664. The zero-order valence-electron chi connectivity index (χ0n) is 7.90. The molecule has 1 heterocycles. The summed E-state index contributed by atoms with van der Waals surface area (Å²) in [5.74, 6) is 0.680. The van der Waals surface area contributed by atoms with Crippen LogP contribution < -0.4 is 4.74 Å².